The van der Waals surface area contributed by atoms with E-state index in [1.165, 1.54) is 24.7 Å². The molecule has 1 fully saturated rings. The number of carbonyl (C=O) groups is 1. The molecule has 10 nitrogen and oxygen atoms in total. The zero-order valence-corrected chi connectivity index (χ0v) is 20.9. The number of nitrogens with zero attached hydrogens (tertiary/aromatic N) is 6. The quantitative estimate of drug-likeness (QED) is 0.365. The summed E-state index contributed by atoms with van der Waals surface area (Å²) in [5, 5.41) is 15.2. The summed E-state index contributed by atoms with van der Waals surface area (Å²) in [7, 11) is 0. The Morgan fingerprint density at radius 1 is 1.19 bits per heavy atom. The molecule has 1 saturated heterocycles. The molecule has 190 valence electrons. The van der Waals surface area contributed by atoms with Crippen molar-refractivity contribution < 1.29 is 14.6 Å². The summed E-state index contributed by atoms with van der Waals surface area (Å²) < 4.78 is 7.66. The number of halogens is 1. The molecule has 0 radical (unpaired) electrons. The Labute approximate surface area is 218 Å². The molecule has 1 aliphatic rings. The van der Waals surface area contributed by atoms with Crippen molar-refractivity contribution in [1.29, 1.82) is 0 Å². The Balaban J connectivity index is 1.46. The third-order valence-corrected chi connectivity index (χ3v) is 6.64. The Hall–Kier alpha value is -4.02. The van der Waals surface area contributed by atoms with Crippen LogP contribution in [0.1, 0.15) is 25.8 Å². The largest absolute Gasteiger partial charge is 0.439 e. The summed E-state index contributed by atoms with van der Waals surface area (Å²) in [4.78, 5) is 27.3. The molecular weight excluding hydrogens is 494 g/mol. The molecule has 1 amide bonds. The molecule has 0 aliphatic carbocycles. The normalized spacial score (nSPS) is 18.0. The molecule has 0 unspecified atom stereocenters. The average Bonchev–Trinajstić information content (AvgIpc) is 3.30. The highest BCUT2D eigenvalue weighted by Crippen LogP contribution is 2.35. The molecule has 11 heteroatoms. The van der Waals surface area contributed by atoms with Crippen LogP contribution in [0.25, 0.3) is 22.3 Å². The number of benzene rings is 1. The fourth-order valence-corrected chi connectivity index (χ4v) is 4.63. The van der Waals surface area contributed by atoms with E-state index in [0.29, 0.717) is 45.7 Å². The monoisotopic (exact) mass is 519 g/mol. The average molecular weight is 520 g/mol. The van der Waals surface area contributed by atoms with E-state index in [9.17, 15) is 4.79 Å². The highest BCUT2D eigenvalue weighted by atomic mass is 35.5. The topological polar surface area (TPSA) is 132 Å². The van der Waals surface area contributed by atoms with Crippen molar-refractivity contribution in [3.05, 3.63) is 66.1 Å². The lowest BCUT2D eigenvalue weighted by Crippen LogP contribution is -2.45. The third kappa shape index (κ3) is 5.11. The van der Waals surface area contributed by atoms with Gasteiger partial charge in [0.15, 0.2) is 5.65 Å². The van der Waals surface area contributed by atoms with Gasteiger partial charge in [0.1, 0.15) is 23.6 Å². The number of amides is 1. The minimum atomic E-state index is -0.180. The number of rotatable bonds is 6. The van der Waals surface area contributed by atoms with Crippen LogP contribution in [0, 0.1) is 0 Å². The molecule has 4 heterocycles. The summed E-state index contributed by atoms with van der Waals surface area (Å²) in [5.41, 5.74) is 8.38. The number of aliphatic hydroxyl groups is 1. The molecular formula is C26H26ClN7O3. The van der Waals surface area contributed by atoms with E-state index in [2.05, 4.69) is 15.0 Å². The highest BCUT2D eigenvalue weighted by Gasteiger charge is 2.31. The number of nitrogens with two attached hydrogens (primary N) is 1. The maximum atomic E-state index is 12.7. The third-order valence-electron chi connectivity index (χ3n) is 6.42. The van der Waals surface area contributed by atoms with Gasteiger partial charge >= 0.3 is 0 Å². The first kappa shape index (κ1) is 24.7. The minimum Gasteiger partial charge on any atom is -0.439 e. The van der Waals surface area contributed by atoms with Crippen molar-refractivity contribution in [1.82, 2.24) is 29.6 Å². The number of hydrogen-bond acceptors (Lipinski definition) is 8. The smallest absolute Gasteiger partial charge is 0.246 e. The van der Waals surface area contributed by atoms with Gasteiger partial charge in [-0.3, -0.25) is 4.79 Å². The van der Waals surface area contributed by atoms with Crippen LogP contribution < -0.4 is 10.5 Å². The second kappa shape index (κ2) is 10.5. The van der Waals surface area contributed by atoms with Gasteiger partial charge in [0.2, 0.25) is 11.8 Å². The minimum absolute atomic E-state index is 0.0794. The Bertz CT molecular complexity index is 1440. The van der Waals surface area contributed by atoms with Crippen LogP contribution in [0.2, 0.25) is 5.02 Å². The number of carbonyl (C=O) groups excluding carboxylic acids is 1. The number of piperidine rings is 1. The van der Waals surface area contributed by atoms with Crippen molar-refractivity contribution in [2.75, 3.05) is 18.9 Å². The van der Waals surface area contributed by atoms with Crippen LogP contribution in [0.15, 0.2) is 61.1 Å². The lowest BCUT2D eigenvalue weighted by atomic mass is 9.99. The van der Waals surface area contributed by atoms with Gasteiger partial charge in [0.25, 0.3) is 0 Å². The number of likely N-dealkylation sites (tertiary alicyclic amines) is 1. The van der Waals surface area contributed by atoms with Gasteiger partial charge in [-0.2, -0.15) is 5.10 Å². The van der Waals surface area contributed by atoms with Crippen LogP contribution in [0.3, 0.4) is 0 Å². The van der Waals surface area contributed by atoms with Crippen molar-refractivity contribution >= 4 is 34.4 Å². The Morgan fingerprint density at radius 3 is 2.73 bits per heavy atom. The van der Waals surface area contributed by atoms with E-state index >= 15 is 0 Å². The van der Waals surface area contributed by atoms with Gasteiger partial charge in [0, 0.05) is 36.5 Å². The van der Waals surface area contributed by atoms with E-state index in [1.807, 2.05) is 35.9 Å². The van der Waals surface area contributed by atoms with Crippen molar-refractivity contribution in [2.45, 2.75) is 31.8 Å². The van der Waals surface area contributed by atoms with Gasteiger partial charge in [-0.1, -0.05) is 17.7 Å². The molecule has 1 aliphatic heterocycles. The first-order chi connectivity index (χ1) is 17.9. The van der Waals surface area contributed by atoms with E-state index in [-0.39, 0.29) is 24.6 Å². The number of aromatic nitrogens is 5. The fourth-order valence-electron chi connectivity index (χ4n) is 4.52. The predicted molar refractivity (Wildman–Crippen MR) is 140 cm³/mol. The first-order valence-corrected chi connectivity index (χ1v) is 12.3. The number of fused-ring (bicyclic) bond motifs is 1. The van der Waals surface area contributed by atoms with Crippen LogP contribution in [0.5, 0.6) is 11.6 Å². The van der Waals surface area contributed by atoms with Crippen molar-refractivity contribution in [3.8, 4) is 22.9 Å². The van der Waals surface area contributed by atoms with E-state index in [0.717, 1.165) is 18.4 Å². The predicted octanol–water partition coefficient (Wildman–Crippen LogP) is 4.02. The van der Waals surface area contributed by atoms with Crippen LogP contribution in [0.4, 0.5) is 5.82 Å². The number of nitrogen functional groups attached to an aromatic ring is 1. The van der Waals surface area contributed by atoms with Gasteiger partial charge in [-0.05, 0) is 50.1 Å². The molecule has 3 N–H and O–H groups in total. The molecule has 3 aromatic heterocycles. The summed E-state index contributed by atoms with van der Waals surface area (Å²) >= 11 is 5.89. The maximum Gasteiger partial charge on any atom is 0.246 e. The molecule has 2 atom stereocenters. The zero-order chi connectivity index (χ0) is 25.9. The Morgan fingerprint density at radius 2 is 2.00 bits per heavy atom. The van der Waals surface area contributed by atoms with E-state index in [1.54, 1.807) is 17.0 Å². The van der Waals surface area contributed by atoms with Gasteiger partial charge in [-0.25, -0.2) is 19.6 Å². The number of anilines is 1. The number of hydrogen-bond donors (Lipinski definition) is 2. The molecule has 0 bridgehead atoms. The SMILES string of the molecule is C[C@@H]1CC[C@H](n2nc(-c3ccc(Oc4ccc(Cl)cn4)cc3)c3c(N)ncnc32)CN1C(=O)/C=C/CO. The zero-order valence-electron chi connectivity index (χ0n) is 20.2. The first-order valence-electron chi connectivity index (χ1n) is 11.9. The van der Waals surface area contributed by atoms with E-state index in [4.69, 9.17) is 32.3 Å². The van der Waals surface area contributed by atoms with Crippen LogP contribution in [-0.4, -0.2) is 59.8 Å². The van der Waals surface area contributed by atoms with Crippen LogP contribution in [-0.2, 0) is 4.79 Å². The highest BCUT2D eigenvalue weighted by molar-refractivity contribution is 6.30. The van der Waals surface area contributed by atoms with Crippen LogP contribution >= 0.6 is 11.6 Å². The summed E-state index contributed by atoms with van der Waals surface area (Å²) in [6.07, 6.45) is 7.45. The molecule has 1 aromatic carbocycles. The second-order valence-electron chi connectivity index (χ2n) is 8.85. The number of aliphatic hydroxyl groups excluding tert-OH is 1. The molecule has 0 saturated carbocycles. The summed E-state index contributed by atoms with van der Waals surface area (Å²) in [6.45, 7) is 2.31. The van der Waals surface area contributed by atoms with E-state index < -0.39 is 0 Å². The van der Waals surface area contributed by atoms with Gasteiger partial charge in [0.05, 0.1) is 23.1 Å². The van der Waals surface area contributed by atoms with Gasteiger partial charge in [-0.15, -0.1) is 0 Å². The van der Waals surface area contributed by atoms with Gasteiger partial charge < -0.3 is 20.5 Å². The summed E-state index contributed by atoms with van der Waals surface area (Å²) in [5.74, 6) is 1.24. The Kier molecular flexibility index (Phi) is 7.02. The maximum absolute atomic E-state index is 12.7. The summed E-state index contributed by atoms with van der Waals surface area (Å²) in [6, 6.07) is 10.8. The fraction of sp³-hybridized carbons (Fsp3) is 0.269. The molecule has 0 spiro atoms. The second-order valence-corrected chi connectivity index (χ2v) is 9.28. The lowest BCUT2D eigenvalue weighted by Gasteiger charge is -2.37. The van der Waals surface area contributed by atoms with Crippen molar-refractivity contribution in [3.63, 3.8) is 0 Å². The lowest BCUT2D eigenvalue weighted by molar-refractivity contribution is -0.130. The molecule has 5 rings (SSSR count). The number of ether oxygens (including phenoxy) is 1. The standard InChI is InChI=1S/C26H26ClN7O3/c1-16-4-8-19(14-33(16)22(36)3-2-12-35)34-26-23(25(28)30-15-31-26)24(32-34)17-5-9-20(10-6-17)37-21-11-7-18(27)13-29-21/h2-3,5-7,9-11,13,15-16,19,35H,4,8,12,14H2,1H3,(H2,28,30,31)/b3-2+/t16-,19+/m1/s1. The van der Waals surface area contributed by atoms with Crippen molar-refractivity contribution in [2.24, 2.45) is 0 Å². The number of pyridine rings is 1. The molecule has 37 heavy (non-hydrogen) atoms. The molecule has 4 aromatic rings.